The van der Waals surface area contributed by atoms with Gasteiger partial charge in [-0.05, 0) is 71.6 Å². The third-order valence-corrected chi connectivity index (χ3v) is 5.61. The van der Waals surface area contributed by atoms with Crippen LogP contribution in [-0.4, -0.2) is 54.7 Å². The molecule has 0 unspecified atom stereocenters. The Labute approximate surface area is 219 Å². The lowest BCUT2D eigenvalue weighted by Crippen LogP contribution is -2.56. The van der Waals surface area contributed by atoms with Crippen molar-refractivity contribution in [1.82, 2.24) is 16.0 Å². The molecule has 2 atom stereocenters. The van der Waals surface area contributed by atoms with Gasteiger partial charge in [0.25, 0.3) is 0 Å². The number of alkyl carbamates (subject to hydrolysis) is 1. The maximum atomic E-state index is 13.2. The van der Waals surface area contributed by atoms with Crippen molar-refractivity contribution in [2.45, 2.75) is 84.9 Å². The Kier molecular flexibility index (Phi) is 11.7. The second-order valence-electron chi connectivity index (χ2n) is 10.4. The van der Waals surface area contributed by atoms with E-state index in [1.165, 1.54) is 0 Å². The van der Waals surface area contributed by atoms with Gasteiger partial charge in [-0.2, -0.15) is 0 Å². The van der Waals surface area contributed by atoms with Gasteiger partial charge in [0.05, 0.1) is 12.0 Å². The summed E-state index contributed by atoms with van der Waals surface area (Å²) in [5, 5.41) is 8.61. The zero-order valence-corrected chi connectivity index (χ0v) is 23.2. The van der Waals surface area contributed by atoms with E-state index in [-0.39, 0.29) is 31.4 Å². The van der Waals surface area contributed by atoms with Crippen molar-refractivity contribution >= 4 is 35.5 Å². The molecule has 0 aromatic heterocycles. The molecule has 0 radical (unpaired) electrons. The first-order valence-electron chi connectivity index (χ1n) is 12.1. The average Bonchev–Trinajstić information content (AvgIpc) is 2.75. The maximum absolute atomic E-state index is 13.2. The van der Waals surface area contributed by atoms with Crippen LogP contribution in [0.4, 0.5) is 4.79 Å². The third kappa shape index (κ3) is 10.0. The summed E-state index contributed by atoms with van der Waals surface area (Å²) < 4.78 is 10.3. The van der Waals surface area contributed by atoms with Crippen molar-refractivity contribution in [3.63, 3.8) is 0 Å². The number of halogens is 1. The van der Waals surface area contributed by atoms with Crippen LogP contribution in [0.3, 0.4) is 0 Å². The van der Waals surface area contributed by atoms with E-state index in [0.29, 0.717) is 5.02 Å². The van der Waals surface area contributed by atoms with E-state index in [2.05, 4.69) is 16.0 Å². The van der Waals surface area contributed by atoms with Gasteiger partial charge in [0.2, 0.25) is 11.8 Å². The van der Waals surface area contributed by atoms with E-state index >= 15 is 0 Å². The van der Waals surface area contributed by atoms with Crippen molar-refractivity contribution in [3.05, 3.63) is 34.9 Å². The Morgan fingerprint density at radius 2 is 1.56 bits per heavy atom. The fourth-order valence-corrected chi connectivity index (χ4v) is 3.37. The van der Waals surface area contributed by atoms with Gasteiger partial charge in [0, 0.05) is 11.6 Å². The van der Waals surface area contributed by atoms with E-state index in [1.54, 1.807) is 79.7 Å². The number of ether oxygens (including phenoxy) is 2. The monoisotopic (exact) mass is 525 g/mol. The van der Waals surface area contributed by atoms with Gasteiger partial charge in [-0.15, -0.1) is 0 Å². The topological polar surface area (TPSA) is 123 Å². The summed E-state index contributed by atoms with van der Waals surface area (Å²) >= 11 is 5.97. The van der Waals surface area contributed by atoms with Crippen molar-refractivity contribution in [1.29, 1.82) is 0 Å². The Morgan fingerprint density at radius 3 is 2.06 bits per heavy atom. The fourth-order valence-electron chi connectivity index (χ4n) is 3.24. The molecule has 1 aromatic carbocycles. The number of amides is 3. The predicted octanol–water partition coefficient (Wildman–Crippen LogP) is 3.72. The summed E-state index contributed by atoms with van der Waals surface area (Å²) in [5.41, 5.74) is -0.859. The van der Waals surface area contributed by atoms with Gasteiger partial charge < -0.3 is 25.4 Å². The Hall–Kier alpha value is -2.81. The molecule has 9 nitrogen and oxygen atoms in total. The highest BCUT2D eigenvalue weighted by molar-refractivity contribution is 6.30. The summed E-state index contributed by atoms with van der Waals surface area (Å²) in [5.74, 6) is -1.77. The minimum Gasteiger partial charge on any atom is -0.464 e. The molecule has 0 bridgehead atoms. The normalized spacial score (nSPS) is 13.4. The molecule has 202 valence electrons. The number of nitrogens with one attached hydrogen (secondary N) is 3. The first-order valence-corrected chi connectivity index (χ1v) is 12.5. The molecule has 3 N–H and O–H groups in total. The smallest absolute Gasteiger partial charge is 0.407 e. The second kappa shape index (κ2) is 13.5. The largest absolute Gasteiger partial charge is 0.464 e. The van der Waals surface area contributed by atoms with Crippen LogP contribution in [0, 0.1) is 5.92 Å². The van der Waals surface area contributed by atoms with E-state index < -0.39 is 41.1 Å². The predicted molar refractivity (Wildman–Crippen MR) is 139 cm³/mol. The number of carbonyl (C=O) groups is 4. The summed E-state index contributed by atoms with van der Waals surface area (Å²) in [7, 11) is 0. The Balaban J connectivity index is 2.92. The molecule has 0 spiro atoms. The number of hydrogen-bond acceptors (Lipinski definition) is 6. The Morgan fingerprint density at radius 1 is 0.972 bits per heavy atom. The molecule has 10 heteroatoms. The highest BCUT2D eigenvalue weighted by atomic mass is 35.5. The van der Waals surface area contributed by atoms with Gasteiger partial charge >= 0.3 is 12.1 Å². The lowest BCUT2D eigenvalue weighted by atomic mass is 9.83. The first kappa shape index (κ1) is 31.2. The van der Waals surface area contributed by atoms with E-state index in [4.69, 9.17) is 21.1 Å². The summed E-state index contributed by atoms with van der Waals surface area (Å²) in [6, 6.07) is 5.01. The summed E-state index contributed by atoms with van der Waals surface area (Å²) in [6.07, 6.45) is -0.549. The molecule has 0 fully saturated rings. The van der Waals surface area contributed by atoms with Crippen molar-refractivity contribution in [2.75, 3.05) is 13.2 Å². The van der Waals surface area contributed by atoms with E-state index in [9.17, 15) is 19.2 Å². The van der Waals surface area contributed by atoms with Crippen LogP contribution in [0.15, 0.2) is 24.3 Å². The van der Waals surface area contributed by atoms with E-state index in [0.717, 1.165) is 5.56 Å². The van der Waals surface area contributed by atoms with Crippen LogP contribution in [0.25, 0.3) is 0 Å². The molecular formula is C26H40ClN3O6. The van der Waals surface area contributed by atoms with Gasteiger partial charge in [0.1, 0.15) is 17.7 Å². The Bertz CT molecular complexity index is 909. The molecule has 0 heterocycles. The quantitative estimate of drug-likeness (QED) is 0.378. The zero-order chi connectivity index (χ0) is 27.7. The van der Waals surface area contributed by atoms with Crippen LogP contribution in [-0.2, 0) is 29.3 Å². The molecular weight excluding hydrogens is 486 g/mol. The molecule has 3 amide bonds. The van der Waals surface area contributed by atoms with Crippen molar-refractivity contribution in [3.8, 4) is 0 Å². The van der Waals surface area contributed by atoms with Crippen LogP contribution in [0.2, 0.25) is 5.02 Å². The lowest BCUT2D eigenvalue weighted by Gasteiger charge is -2.30. The number of rotatable bonds is 11. The molecule has 36 heavy (non-hydrogen) atoms. The van der Waals surface area contributed by atoms with E-state index in [1.807, 2.05) is 0 Å². The standard InChI is InChI=1S/C26H40ClN3O6/c1-9-35-22(32)19(14-15-28-24(34)36-25(4,5)6)29-21(31)20(16(2)3)30-23(33)26(7,8)17-10-12-18(27)13-11-17/h10-13,16,19-20H,9,14-15H2,1-8H3,(H,28,34)(H,29,31)(H,30,33)/t19-,20+/m1/s1. The fraction of sp³-hybridized carbons (Fsp3) is 0.615. The minimum absolute atomic E-state index is 0.0704. The molecule has 0 aliphatic heterocycles. The van der Waals surface area contributed by atoms with Crippen molar-refractivity contribution < 1.29 is 28.7 Å². The summed E-state index contributed by atoms with van der Waals surface area (Å²) in [6.45, 7) is 14.2. The highest BCUT2D eigenvalue weighted by Crippen LogP contribution is 2.25. The highest BCUT2D eigenvalue weighted by Gasteiger charge is 2.35. The molecule has 0 aliphatic rings. The SMILES string of the molecule is CCOC(=O)[C@@H](CCNC(=O)OC(C)(C)C)NC(=O)[C@@H](NC(=O)C(C)(C)c1ccc(Cl)cc1)C(C)C. The average molecular weight is 526 g/mol. The molecule has 0 saturated heterocycles. The number of carbonyl (C=O) groups excluding carboxylic acids is 4. The molecule has 0 saturated carbocycles. The van der Waals surface area contributed by atoms with Gasteiger partial charge in [0.15, 0.2) is 0 Å². The summed E-state index contributed by atoms with van der Waals surface area (Å²) in [4.78, 5) is 50.7. The van der Waals surface area contributed by atoms with Crippen LogP contribution in [0.5, 0.6) is 0 Å². The minimum atomic E-state index is -1.02. The number of benzene rings is 1. The van der Waals surface area contributed by atoms with Crippen molar-refractivity contribution in [2.24, 2.45) is 5.92 Å². The van der Waals surface area contributed by atoms with Gasteiger partial charge in [-0.25, -0.2) is 9.59 Å². The maximum Gasteiger partial charge on any atom is 0.407 e. The van der Waals surface area contributed by atoms with Gasteiger partial charge in [-0.3, -0.25) is 9.59 Å². The molecule has 1 rings (SSSR count). The van der Waals surface area contributed by atoms with Crippen LogP contribution >= 0.6 is 11.6 Å². The molecule has 0 aliphatic carbocycles. The number of esters is 1. The zero-order valence-electron chi connectivity index (χ0n) is 22.5. The number of hydrogen-bond donors (Lipinski definition) is 3. The first-order chi connectivity index (χ1) is 16.6. The second-order valence-corrected chi connectivity index (χ2v) is 10.8. The van der Waals surface area contributed by atoms with Gasteiger partial charge in [-0.1, -0.05) is 37.6 Å². The van der Waals surface area contributed by atoms with Crippen LogP contribution < -0.4 is 16.0 Å². The van der Waals surface area contributed by atoms with Crippen LogP contribution in [0.1, 0.15) is 67.4 Å². The third-order valence-electron chi connectivity index (χ3n) is 5.36. The lowest BCUT2D eigenvalue weighted by molar-refractivity contribution is -0.148. The molecule has 1 aromatic rings.